The van der Waals surface area contributed by atoms with E-state index in [1.807, 2.05) is 0 Å². The molecule has 6 heavy (non-hydrogen) atoms. The number of carbonyl (C=O) groups excluding carboxylic acids is 1. The summed E-state index contributed by atoms with van der Waals surface area (Å²) in [7, 11) is 0. The van der Waals surface area contributed by atoms with Gasteiger partial charge in [0.1, 0.15) is 6.29 Å². The van der Waals surface area contributed by atoms with Gasteiger partial charge in [-0.1, -0.05) is 12.7 Å². The van der Waals surface area contributed by atoms with Gasteiger partial charge in [-0.05, 0) is 12.2 Å². The summed E-state index contributed by atoms with van der Waals surface area (Å²) in [6.45, 7) is 3.23. The predicted molar refractivity (Wildman–Crippen MR) is 24.1 cm³/mol. The molecule has 0 aliphatic rings. The third-order valence-electron chi connectivity index (χ3n) is 0.293. The number of carbonyl (C=O) groups is 1. The van der Waals surface area contributed by atoms with E-state index in [9.17, 15) is 4.79 Å². The number of allylic oxidation sites excluding steroid dienone is 3. The fourth-order valence-corrected chi connectivity index (χ4v) is 0.107. The standard InChI is InChI=1S/C5H5O/c1-2-3-4-5-6/h3-5H,1H2. The molecule has 0 fully saturated rings. The molecule has 0 rings (SSSR count). The highest BCUT2D eigenvalue weighted by molar-refractivity contribution is 5.64. The molecular formula is C5H5O. The molecule has 31 valence electrons. The summed E-state index contributed by atoms with van der Waals surface area (Å²) in [6.07, 6.45) is 5.86. The van der Waals surface area contributed by atoms with E-state index in [4.69, 9.17) is 0 Å². The molecule has 1 heteroatoms. The van der Waals surface area contributed by atoms with Crippen molar-refractivity contribution in [2.75, 3.05) is 0 Å². The summed E-state index contributed by atoms with van der Waals surface area (Å²) in [5.41, 5.74) is 0. The normalized spacial score (nSPS) is 8.67. The summed E-state index contributed by atoms with van der Waals surface area (Å²) in [5.74, 6) is 0. The van der Waals surface area contributed by atoms with Gasteiger partial charge in [-0.15, -0.1) is 0 Å². The first-order valence-corrected chi connectivity index (χ1v) is 1.54. The number of rotatable bonds is 2. The van der Waals surface area contributed by atoms with Gasteiger partial charge in [-0.25, -0.2) is 0 Å². The Balaban J connectivity index is 3.17. The molecule has 0 aliphatic carbocycles. The van der Waals surface area contributed by atoms with Crippen molar-refractivity contribution in [1.82, 2.24) is 0 Å². The third kappa shape index (κ3) is 3.15. The van der Waals surface area contributed by atoms with Gasteiger partial charge in [-0.3, -0.25) is 4.79 Å². The molecule has 0 aromatic rings. The van der Waals surface area contributed by atoms with Gasteiger partial charge < -0.3 is 0 Å². The van der Waals surface area contributed by atoms with Gasteiger partial charge in [0.15, 0.2) is 0 Å². The molecule has 0 saturated carbocycles. The summed E-state index contributed by atoms with van der Waals surface area (Å²) >= 11 is 0. The second-order valence-electron chi connectivity index (χ2n) is 0.699. The van der Waals surface area contributed by atoms with Crippen molar-refractivity contribution in [3.05, 3.63) is 24.8 Å². The molecule has 0 spiro atoms. The third-order valence-corrected chi connectivity index (χ3v) is 0.293. The zero-order chi connectivity index (χ0) is 4.83. The maximum Gasteiger partial charge on any atom is 0.142 e. The molecule has 0 bridgehead atoms. The van der Waals surface area contributed by atoms with Crippen molar-refractivity contribution in [2.45, 2.75) is 0 Å². The molecule has 0 unspecified atom stereocenters. The fourth-order valence-electron chi connectivity index (χ4n) is 0.107. The van der Waals surface area contributed by atoms with Crippen molar-refractivity contribution in [1.29, 1.82) is 0 Å². The SMILES string of the molecule is C=[C]C=CC=O. The predicted octanol–water partition coefficient (Wildman–Crippen LogP) is 0.731. The Morgan fingerprint density at radius 3 is 2.50 bits per heavy atom. The molecule has 0 N–H and O–H groups in total. The molecule has 0 heterocycles. The van der Waals surface area contributed by atoms with Crippen molar-refractivity contribution in [3.63, 3.8) is 0 Å². The van der Waals surface area contributed by atoms with Crippen molar-refractivity contribution >= 4 is 6.29 Å². The van der Waals surface area contributed by atoms with Crippen molar-refractivity contribution in [3.8, 4) is 0 Å². The zero-order valence-corrected chi connectivity index (χ0v) is 3.35. The topological polar surface area (TPSA) is 17.1 Å². The van der Waals surface area contributed by atoms with E-state index in [0.29, 0.717) is 6.29 Å². The number of hydrogen-bond donors (Lipinski definition) is 0. The lowest BCUT2D eigenvalue weighted by Gasteiger charge is -1.55. The minimum atomic E-state index is 0.679. The van der Waals surface area contributed by atoms with Gasteiger partial charge in [0.25, 0.3) is 0 Å². The van der Waals surface area contributed by atoms with E-state index >= 15 is 0 Å². The Labute approximate surface area is 37.0 Å². The second-order valence-corrected chi connectivity index (χ2v) is 0.699. The minimum Gasteiger partial charge on any atom is -0.299 e. The van der Waals surface area contributed by atoms with Crippen LogP contribution < -0.4 is 0 Å². The summed E-state index contributed by atoms with van der Waals surface area (Å²) < 4.78 is 0. The van der Waals surface area contributed by atoms with Crippen LogP contribution in [-0.2, 0) is 4.79 Å². The average molecular weight is 81.1 g/mol. The minimum absolute atomic E-state index is 0.679. The Bertz CT molecular complexity index is 62.0. The van der Waals surface area contributed by atoms with Crippen molar-refractivity contribution < 1.29 is 4.79 Å². The first-order chi connectivity index (χ1) is 2.91. The highest BCUT2D eigenvalue weighted by Gasteiger charge is 1.53. The van der Waals surface area contributed by atoms with Crippen LogP contribution in [0.4, 0.5) is 0 Å². The maximum absolute atomic E-state index is 9.41. The van der Waals surface area contributed by atoms with Crippen LogP contribution in [0, 0.1) is 6.08 Å². The largest absolute Gasteiger partial charge is 0.299 e. The molecule has 0 aromatic heterocycles. The van der Waals surface area contributed by atoms with E-state index in [1.165, 1.54) is 12.2 Å². The molecule has 1 nitrogen and oxygen atoms in total. The Hall–Kier alpha value is -0.850. The van der Waals surface area contributed by atoms with Gasteiger partial charge in [0, 0.05) is 0 Å². The van der Waals surface area contributed by atoms with E-state index in [-0.39, 0.29) is 0 Å². The average Bonchev–Trinajstić information content (AvgIpc) is 1.61. The van der Waals surface area contributed by atoms with Crippen molar-refractivity contribution in [2.24, 2.45) is 0 Å². The van der Waals surface area contributed by atoms with E-state index in [1.54, 1.807) is 0 Å². The summed E-state index contributed by atoms with van der Waals surface area (Å²) in [5, 5.41) is 0. The van der Waals surface area contributed by atoms with Gasteiger partial charge >= 0.3 is 0 Å². The lowest BCUT2D eigenvalue weighted by atomic mass is 10.5. The molecule has 0 atom stereocenters. The first kappa shape index (κ1) is 5.15. The molecule has 0 saturated heterocycles. The summed E-state index contributed by atoms with van der Waals surface area (Å²) in [4.78, 5) is 9.41. The van der Waals surface area contributed by atoms with Gasteiger partial charge in [-0.2, -0.15) is 0 Å². The maximum atomic E-state index is 9.41. The van der Waals surface area contributed by atoms with Gasteiger partial charge in [0.05, 0.1) is 0 Å². The van der Waals surface area contributed by atoms with Crippen LogP contribution >= 0.6 is 0 Å². The van der Waals surface area contributed by atoms with Crippen LogP contribution in [0.2, 0.25) is 0 Å². The Morgan fingerprint density at radius 2 is 2.33 bits per heavy atom. The van der Waals surface area contributed by atoms with E-state index in [0.717, 1.165) is 0 Å². The smallest absolute Gasteiger partial charge is 0.142 e. The van der Waals surface area contributed by atoms with Crippen LogP contribution in [0.1, 0.15) is 0 Å². The van der Waals surface area contributed by atoms with Crippen LogP contribution in [-0.4, -0.2) is 6.29 Å². The van der Waals surface area contributed by atoms with Gasteiger partial charge in [0.2, 0.25) is 0 Å². The molecule has 1 radical (unpaired) electrons. The first-order valence-electron chi connectivity index (χ1n) is 1.54. The lowest BCUT2D eigenvalue weighted by molar-refractivity contribution is -0.104. The highest BCUT2D eigenvalue weighted by atomic mass is 16.1. The fraction of sp³-hybridized carbons (Fsp3) is 0. The number of hydrogen-bond acceptors (Lipinski definition) is 1. The monoisotopic (exact) mass is 81.0 g/mol. The second kappa shape index (κ2) is 4.15. The Kier molecular flexibility index (Phi) is 3.56. The lowest BCUT2D eigenvalue weighted by Crippen LogP contribution is -1.52. The van der Waals surface area contributed by atoms with E-state index in [2.05, 4.69) is 12.7 Å². The molecule has 0 amide bonds. The number of aldehydes is 1. The van der Waals surface area contributed by atoms with Crippen LogP contribution in [0.15, 0.2) is 18.7 Å². The zero-order valence-electron chi connectivity index (χ0n) is 3.35. The molecular weight excluding hydrogens is 76.1 g/mol. The van der Waals surface area contributed by atoms with E-state index < -0.39 is 0 Å². The van der Waals surface area contributed by atoms with Crippen LogP contribution in [0.3, 0.4) is 0 Å². The van der Waals surface area contributed by atoms with Crippen LogP contribution in [0.25, 0.3) is 0 Å². The Morgan fingerprint density at radius 1 is 1.67 bits per heavy atom. The molecule has 0 aromatic carbocycles. The quantitative estimate of drug-likeness (QED) is 0.272. The highest BCUT2D eigenvalue weighted by Crippen LogP contribution is 1.61. The summed E-state index contributed by atoms with van der Waals surface area (Å²) in [6, 6.07) is 0. The molecule has 0 aliphatic heterocycles. The van der Waals surface area contributed by atoms with Crippen LogP contribution in [0.5, 0.6) is 0 Å².